The van der Waals surface area contributed by atoms with Crippen LogP contribution >= 0.6 is 0 Å². The van der Waals surface area contributed by atoms with Crippen LogP contribution in [0.25, 0.3) is 0 Å². The quantitative estimate of drug-likeness (QED) is 0.456. The lowest BCUT2D eigenvalue weighted by atomic mass is 10.0. The summed E-state index contributed by atoms with van der Waals surface area (Å²) in [5.41, 5.74) is 2.62. The summed E-state index contributed by atoms with van der Waals surface area (Å²) in [6.45, 7) is 2.02. The van der Waals surface area contributed by atoms with Crippen molar-refractivity contribution in [2.75, 3.05) is 13.2 Å². The predicted octanol–water partition coefficient (Wildman–Crippen LogP) is 3.39. The van der Waals surface area contributed by atoms with Crippen molar-refractivity contribution in [3.63, 3.8) is 0 Å². The van der Waals surface area contributed by atoms with Crippen molar-refractivity contribution in [2.24, 2.45) is 4.99 Å². The number of aliphatic hydroxyl groups excluding tert-OH is 1. The molecule has 0 radical (unpaired) electrons. The van der Waals surface area contributed by atoms with Crippen LogP contribution in [0.15, 0.2) is 77.8 Å². The zero-order chi connectivity index (χ0) is 17.9. The molecule has 0 saturated heterocycles. The SMILES string of the molecule is CCOC(=O)C(C/C=C/CO)N=C(c1ccccc1)c1ccccc1. The summed E-state index contributed by atoms with van der Waals surface area (Å²) in [7, 11) is 0. The van der Waals surface area contributed by atoms with Gasteiger partial charge in [-0.3, -0.25) is 4.99 Å². The third-order valence-electron chi connectivity index (χ3n) is 3.57. The van der Waals surface area contributed by atoms with Crippen LogP contribution in [0.1, 0.15) is 24.5 Å². The van der Waals surface area contributed by atoms with Crippen LogP contribution < -0.4 is 0 Å². The molecule has 25 heavy (non-hydrogen) atoms. The Bertz CT molecular complexity index is 667. The molecule has 2 aromatic carbocycles. The highest BCUT2D eigenvalue weighted by atomic mass is 16.5. The van der Waals surface area contributed by atoms with Crippen LogP contribution in [-0.2, 0) is 9.53 Å². The molecule has 0 aliphatic carbocycles. The zero-order valence-corrected chi connectivity index (χ0v) is 14.3. The molecular weight excluding hydrogens is 314 g/mol. The second kappa shape index (κ2) is 10.2. The molecular formula is C21H23NO3. The van der Waals surface area contributed by atoms with E-state index in [4.69, 9.17) is 14.8 Å². The van der Waals surface area contributed by atoms with Gasteiger partial charge in [0.1, 0.15) is 0 Å². The molecule has 130 valence electrons. The first kappa shape index (κ1) is 18.6. The van der Waals surface area contributed by atoms with Crippen LogP contribution in [0.2, 0.25) is 0 Å². The van der Waals surface area contributed by atoms with Crippen molar-refractivity contribution < 1.29 is 14.6 Å². The van der Waals surface area contributed by atoms with Crippen molar-refractivity contribution in [1.82, 2.24) is 0 Å². The Labute approximate surface area is 148 Å². The zero-order valence-electron chi connectivity index (χ0n) is 14.3. The van der Waals surface area contributed by atoms with Crippen LogP contribution in [0.5, 0.6) is 0 Å². The average molecular weight is 337 g/mol. The Hall–Kier alpha value is -2.72. The van der Waals surface area contributed by atoms with E-state index in [0.29, 0.717) is 13.0 Å². The number of hydrogen-bond donors (Lipinski definition) is 1. The van der Waals surface area contributed by atoms with E-state index in [0.717, 1.165) is 16.8 Å². The van der Waals surface area contributed by atoms with E-state index in [1.165, 1.54) is 0 Å². The smallest absolute Gasteiger partial charge is 0.331 e. The summed E-state index contributed by atoms with van der Waals surface area (Å²) in [5, 5.41) is 8.92. The molecule has 0 aliphatic heterocycles. The number of ether oxygens (including phenoxy) is 1. The van der Waals surface area contributed by atoms with Gasteiger partial charge in [0.2, 0.25) is 0 Å². The number of hydrogen-bond acceptors (Lipinski definition) is 4. The number of rotatable bonds is 8. The average Bonchev–Trinajstić information content (AvgIpc) is 2.66. The van der Waals surface area contributed by atoms with E-state index < -0.39 is 6.04 Å². The van der Waals surface area contributed by atoms with Gasteiger partial charge in [0.25, 0.3) is 0 Å². The number of nitrogens with zero attached hydrogens (tertiary/aromatic N) is 1. The number of carbonyl (C=O) groups excluding carboxylic acids is 1. The van der Waals surface area contributed by atoms with E-state index in [1.807, 2.05) is 60.7 Å². The van der Waals surface area contributed by atoms with Gasteiger partial charge in [-0.1, -0.05) is 72.8 Å². The third-order valence-corrected chi connectivity index (χ3v) is 3.57. The van der Waals surface area contributed by atoms with Crippen molar-refractivity contribution in [1.29, 1.82) is 0 Å². The highest BCUT2D eigenvalue weighted by Gasteiger charge is 2.19. The summed E-state index contributed by atoms with van der Waals surface area (Å²) < 4.78 is 5.16. The van der Waals surface area contributed by atoms with E-state index in [-0.39, 0.29) is 12.6 Å². The fourth-order valence-corrected chi connectivity index (χ4v) is 2.40. The number of aliphatic hydroxyl groups is 1. The molecule has 2 rings (SSSR count). The van der Waals surface area contributed by atoms with Crippen molar-refractivity contribution in [2.45, 2.75) is 19.4 Å². The van der Waals surface area contributed by atoms with Crippen LogP contribution in [0.3, 0.4) is 0 Å². The minimum absolute atomic E-state index is 0.0660. The van der Waals surface area contributed by atoms with Crippen LogP contribution in [-0.4, -0.2) is 36.0 Å². The van der Waals surface area contributed by atoms with Gasteiger partial charge < -0.3 is 9.84 Å². The highest BCUT2D eigenvalue weighted by Crippen LogP contribution is 2.14. The summed E-state index contributed by atoms with van der Waals surface area (Å²) in [6, 6.07) is 18.9. The molecule has 4 nitrogen and oxygen atoms in total. The summed E-state index contributed by atoms with van der Waals surface area (Å²) in [5.74, 6) is -0.366. The Morgan fingerprint density at radius 2 is 1.60 bits per heavy atom. The Morgan fingerprint density at radius 3 is 2.08 bits per heavy atom. The second-order valence-corrected chi connectivity index (χ2v) is 5.37. The Balaban J connectivity index is 2.44. The fraction of sp³-hybridized carbons (Fsp3) is 0.238. The normalized spacial score (nSPS) is 11.9. The lowest BCUT2D eigenvalue weighted by molar-refractivity contribution is -0.144. The topological polar surface area (TPSA) is 58.9 Å². The molecule has 1 N–H and O–H groups in total. The van der Waals surface area contributed by atoms with E-state index in [2.05, 4.69) is 0 Å². The largest absolute Gasteiger partial charge is 0.464 e. The fourth-order valence-electron chi connectivity index (χ4n) is 2.40. The van der Waals surface area contributed by atoms with E-state index in [9.17, 15) is 4.79 Å². The van der Waals surface area contributed by atoms with E-state index in [1.54, 1.807) is 19.1 Å². The first-order valence-electron chi connectivity index (χ1n) is 8.37. The molecule has 0 aromatic heterocycles. The minimum Gasteiger partial charge on any atom is -0.464 e. The van der Waals surface area contributed by atoms with Crippen molar-refractivity contribution in [3.8, 4) is 0 Å². The maximum absolute atomic E-state index is 12.3. The van der Waals surface area contributed by atoms with Crippen LogP contribution in [0.4, 0.5) is 0 Å². The van der Waals surface area contributed by atoms with Gasteiger partial charge in [-0.2, -0.15) is 0 Å². The molecule has 0 bridgehead atoms. The second-order valence-electron chi connectivity index (χ2n) is 5.37. The van der Waals surface area contributed by atoms with Gasteiger partial charge in [-0.25, -0.2) is 4.79 Å². The molecule has 2 aromatic rings. The first-order valence-corrected chi connectivity index (χ1v) is 8.37. The molecule has 0 saturated carbocycles. The summed E-state index contributed by atoms with van der Waals surface area (Å²) in [6.07, 6.45) is 3.73. The lowest BCUT2D eigenvalue weighted by Gasteiger charge is -2.14. The maximum atomic E-state index is 12.3. The first-order chi connectivity index (χ1) is 12.3. The summed E-state index contributed by atoms with van der Waals surface area (Å²) >= 11 is 0. The minimum atomic E-state index is -0.654. The predicted molar refractivity (Wildman–Crippen MR) is 99.8 cm³/mol. The molecule has 0 aliphatic rings. The Morgan fingerprint density at radius 1 is 1.04 bits per heavy atom. The third kappa shape index (κ3) is 5.69. The Kier molecular flexibility index (Phi) is 7.60. The molecule has 0 heterocycles. The van der Waals surface area contributed by atoms with Crippen molar-refractivity contribution >= 4 is 11.7 Å². The van der Waals surface area contributed by atoms with Gasteiger partial charge in [-0.15, -0.1) is 0 Å². The number of esters is 1. The molecule has 0 fully saturated rings. The van der Waals surface area contributed by atoms with Gasteiger partial charge >= 0.3 is 5.97 Å². The van der Waals surface area contributed by atoms with Gasteiger partial charge in [0, 0.05) is 11.1 Å². The maximum Gasteiger partial charge on any atom is 0.331 e. The molecule has 4 heteroatoms. The van der Waals surface area contributed by atoms with Gasteiger partial charge in [-0.05, 0) is 13.3 Å². The summed E-state index contributed by atoms with van der Waals surface area (Å²) in [4.78, 5) is 17.0. The molecule has 1 atom stereocenters. The molecule has 0 amide bonds. The molecule has 0 spiro atoms. The number of benzene rings is 2. The monoisotopic (exact) mass is 337 g/mol. The van der Waals surface area contributed by atoms with Crippen molar-refractivity contribution in [3.05, 3.63) is 83.9 Å². The van der Waals surface area contributed by atoms with Crippen LogP contribution in [0, 0.1) is 0 Å². The standard InChI is InChI=1S/C21H23NO3/c1-2-25-21(24)19(15-9-10-16-23)22-20(17-11-5-3-6-12-17)18-13-7-4-8-14-18/h3-14,19,23H,2,15-16H2,1H3/b10-9+. The number of carbonyl (C=O) groups is 1. The molecule has 1 unspecified atom stereocenters. The lowest BCUT2D eigenvalue weighted by Crippen LogP contribution is -2.23. The van der Waals surface area contributed by atoms with Gasteiger partial charge in [0.15, 0.2) is 6.04 Å². The van der Waals surface area contributed by atoms with Gasteiger partial charge in [0.05, 0.1) is 18.9 Å². The van der Waals surface area contributed by atoms with E-state index >= 15 is 0 Å². The number of aliphatic imine (C=N–C) groups is 1. The highest BCUT2D eigenvalue weighted by molar-refractivity contribution is 6.13.